The summed E-state index contributed by atoms with van der Waals surface area (Å²) in [6.45, 7) is 1.80. The van der Waals surface area contributed by atoms with Gasteiger partial charge in [-0.2, -0.15) is 5.10 Å². The molecule has 2 aliphatic rings. The largest absolute Gasteiger partial charge is 0.465 e. The van der Waals surface area contributed by atoms with Gasteiger partial charge in [-0.3, -0.25) is 0 Å². The number of rotatable bonds is 4. The summed E-state index contributed by atoms with van der Waals surface area (Å²) in [4.78, 5) is 22.6. The van der Waals surface area contributed by atoms with Gasteiger partial charge in [0.1, 0.15) is 11.5 Å². The lowest BCUT2D eigenvalue weighted by Gasteiger charge is -2.39. The van der Waals surface area contributed by atoms with E-state index in [0.29, 0.717) is 41.4 Å². The van der Waals surface area contributed by atoms with Crippen LogP contribution in [0.1, 0.15) is 38.2 Å². The Balaban J connectivity index is 1.85. The molecular weight excluding hydrogens is 421 g/mol. The third-order valence-electron chi connectivity index (χ3n) is 4.67. The molecule has 7 nitrogen and oxygen atoms in total. The second-order valence-corrected chi connectivity index (χ2v) is 7.56. The molecule has 1 aromatic rings. The van der Waals surface area contributed by atoms with Crippen LogP contribution < -0.4 is 10.7 Å². The molecule has 0 bridgehead atoms. The van der Waals surface area contributed by atoms with E-state index in [2.05, 4.69) is 31.8 Å². The highest BCUT2D eigenvalue weighted by Crippen LogP contribution is 2.38. The van der Waals surface area contributed by atoms with Crippen LogP contribution in [0.15, 0.2) is 39.4 Å². The number of hydrazone groups is 1. The lowest BCUT2D eigenvalue weighted by Crippen LogP contribution is -2.51. The lowest BCUT2D eigenvalue weighted by molar-refractivity contribution is 0.0458. The van der Waals surface area contributed by atoms with Crippen molar-refractivity contribution in [3.63, 3.8) is 0 Å². The maximum Gasteiger partial charge on any atom is 0.428 e. The van der Waals surface area contributed by atoms with Crippen molar-refractivity contribution in [2.24, 2.45) is 5.10 Å². The number of hydrogen-bond donors (Lipinski definition) is 3. The number of carbonyl (C=O) groups excluding carboxylic acids is 1. The first kappa shape index (κ1) is 19.3. The topological polar surface area (TPSA) is 100 Å². The molecule has 0 aromatic heterocycles. The van der Waals surface area contributed by atoms with Gasteiger partial charge in [0.05, 0.1) is 0 Å². The zero-order chi connectivity index (χ0) is 19.6. The molecule has 2 amide bonds. The van der Waals surface area contributed by atoms with E-state index in [1.54, 1.807) is 13.0 Å². The number of hydrogen-bond acceptors (Lipinski definition) is 4. The Morgan fingerprint density at radius 3 is 2.96 bits per heavy atom. The Labute approximate surface area is 163 Å². The van der Waals surface area contributed by atoms with E-state index in [1.807, 2.05) is 6.08 Å². The van der Waals surface area contributed by atoms with E-state index in [9.17, 15) is 14.0 Å². The van der Waals surface area contributed by atoms with E-state index in [1.165, 1.54) is 12.1 Å². The van der Waals surface area contributed by atoms with Crippen LogP contribution in [0.3, 0.4) is 0 Å². The Bertz CT molecular complexity index is 842. The Kier molecular flexibility index (Phi) is 5.50. The van der Waals surface area contributed by atoms with Crippen molar-refractivity contribution in [2.45, 2.75) is 44.2 Å². The summed E-state index contributed by atoms with van der Waals surface area (Å²) in [6.07, 6.45) is 2.42. The molecule has 1 aliphatic heterocycles. The molecule has 1 unspecified atom stereocenters. The SMILES string of the molecule is C[C@@H](CC1=CCC2(CC1)OC(=O)NN=C2c1ccc(F)cc1Br)NC(=O)O. The maximum atomic E-state index is 13.4. The summed E-state index contributed by atoms with van der Waals surface area (Å²) < 4.78 is 19.6. The predicted octanol–water partition coefficient (Wildman–Crippen LogP) is 3.93. The van der Waals surface area contributed by atoms with Crippen molar-refractivity contribution < 1.29 is 23.8 Å². The fourth-order valence-corrected chi connectivity index (χ4v) is 4.00. The number of nitrogens with one attached hydrogen (secondary N) is 2. The first-order valence-electron chi connectivity index (χ1n) is 8.49. The number of carboxylic acid groups (broad SMARTS) is 1. The Morgan fingerprint density at radius 1 is 1.56 bits per heavy atom. The maximum absolute atomic E-state index is 13.4. The molecule has 1 aliphatic carbocycles. The van der Waals surface area contributed by atoms with Gasteiger partial charge in [-0.1, -0.05) is 27.6 Å². The fraction of sp³-hybridized carbons (Fsp3) is 0.389. The van der Waals surface area contributed by atoms with Crippen molar-refractivity contribution in [1.82, 2.24) is 10.7 Å². The molecule has 0 saturated carbocycles. The van der Waals surface area contributed by atoms with Crippen molar-refractivity contribution in [2.75, 3.05) is 0 Å². The van der Waals surface area contributed by atoms with Crippen LogP contribution in [0.4, 0.5) is 14.0 Å². The van der Waals surface area contributed by atoms with Crippen molar-refractivity contribution >= 4 is 33.8 Å². The van der Waals surface area contributed by atoms with Gasteiger partial charge < -0.3 is 15.2 Å². The minimum Gasteiger partial charge on any atom is -0.465 e. The van der Waals surface area contributed by atoms with Gasteiger partial charge in [-0.25, -0.2) is 19.4 Å². The van der Waals surface area contributed by atoms with Crippen LogP contribution in [-0.2, 0) is 4.74 Å². The average Bonchev–Trinajstić information content (AvgIpc) is 2.57. The van der Waals surface area contributed by atoms with E-state index in [-0.39, 0.29) is 11.9 Å². The van der Waals surface area contributed by atoms with Gasteiger partial charge in [-0.05, 0) is 44.4 Å². The third-order valence-corrected chi connectivity index (χ3v) is 5.33. The highest BCUT2D eigenvalue weighted by atomic mass is 79.9. The highest BCUT2D eigenvalue weighted by Gasteiger charge is 2.45. The minimum atomic E-state index is -1.06. The van der Waals surface area contributed by atoms with Gasteiger partial charge in [0.2, 0.25) is 0 Å². The number of benzene rings is 1. The molecular formula is C18H19BrFN3O4. The van der Waals surface area contributed by atoms with Crippen LogP contribution in [0.25, 0.3) is 0 Å². The van der Waals surface area contributed by atoms with Gasteiger partial charge in [0.25, 0.3) is 0 Å². The van der Waals surface area contributed by atoms with Crippen molar-refractivity contribution in [3.8, 4) is 0 Å². The number of carbonyl (C=O) groups is 2. The molecule has 0 saturated heterocycles. The van der Waals surface area contributed by atoms with E-state index >= 15 is 0 Å². The Hall–Kier alpha value is -2.42. The third kappa shape index (κ3) is 4.29. The van der Waals surface area contributed by atoms with E-state index < -0.39 is 17.8 Å². The van der Waals surface area contributed by atoms with Gasteiger partial charge in [-0.15, -0.1) is 0 Å². The number of halogens is 2. The summed E-state index contributed by atoms with van der Waals surface area (Å²) in [5, 5.41) is 15.4. The summed E-state index contributed by atoms with van der Waals surface area (Å²) in [5.74, 6) is -0.383. The number of nitrogens with zero attached hydrogens (tertiary/aromatic N) is 1. The van der Waals surface area contributed by atoms with Crippen LogP contribution in [0.2, 0.25) is 0 Å². The zero-order valence-electron chi connectivity index (χ0n) is 14.6. The molecule has 3 N–H and O–H groups in total. The van der Waals surface area contributed by atoms with Crippen LogP contribution in [0.5, 0.6) is 0 Å². The second-order valence-electron chi connectivity index (χ2n) is 6.70. The molecule has 1 heterocycles. The molecule has 0 fully saturated rings. The monoisotopic (exact) mass is 439 g/mol. The molecule has 144 valence electrons. The number of amides is 2. The van der Waals surface area contributed by atoms with Gasteiger partial charge in [0, 0.05) is 22.5 Å². The van der Waals surface area contributed by atoms with E-state index in [0.717, 1.165) is 5.57 Å². The molecule has 0 radical (unpaired) electrons. The Morgan fingerprint density at radius 2 is 2.33 bits per heavy atom. The molecule has 9 heteroatoms. The molecule has 3 rings (SSSR count). The van der Waals surface area contributed by atoms with E-state index in [4.69, 9.17) is 9.84 Å². The first-order valence-corrected chi connectivity index (χ1v) is 9.28. The van der Waals surface area contributed by atoms with Crippen molar-refractivity contribution in [3.05, 3.63) is 45.7 Å². The summed E-state index contributed by atoms with van der Waals surface area (Å²) >= 11 is 3.35. The zero-order valence-corrected chi connectivity index (χ0v) is 16.2. The standard InChI is InChI=1S/C18H19BrFN3O4/c1-10(21-16(24)25)8-11-4-6-18(7-5-11)15(22-23-17(26)27-18)13-3-2-12(20)9-14(13)19/h2-4,9-10,21H,5-8H2,1H3,(H,23,26)(H,24,25)/t10-,18?/m0/s1. The number of ether oxygens (including phenoxy) is 1. The molecule has 1 aromatic carbocycles. The van der Waals surface area contributed by atoms with Crippen molar-refractivity contribution in [1.29, 1.82) is 0 Å². The summed E-state index contributed by atoms with van der Waals surface area (Å²) in [5.41, 5.74) is 3.66. The predicted molar refractivity (Wildman–Crippen MR) is 100 cm³/mol. The molecule has 27 heavy (non-hydrogen) atoms. The smallest absolute Gasteiger partial charge is 0.428 e. The van der Waals surface area contributed by atoms with Crippen LogP contribution in [-0.4, -0.2) is 34.6 Å². The highest BCUT2D eigenvalue weighted by molar-refractivity contribution is 9.10. The summed E-state index contributed by atoms with van der Waals surface area (Å²) in [6, 6.07) is 4.05. The molecule has 2 atom stereocenters. The second kappa shape index (κ2) is 7.67. The van der Waals surface area contributed by atoms with Gasteiger partial charge >= 0.3 is 12.2 Å². The normalized spacial score (nSPS) is 23.0. The average molecular weight is 440 g/mol. The lowest BCUT2D eigenvalue weighted by atomic mass is 9.78. The first-order chi connectivity index (χ1) is 12.8. The minimum absolute atomic E-state index is 0.210. The fourth-order valence-electron chi connectivity index (χ4n) is 3.46. The van der Waals surface area contributed by atoms with Gasteiger partial charge in [0.15, 0.2) is 5.60 Å². The molecule has 1 spiro atoms. The summed E-state index contributed by atoms with van der Waals surface area (Å²) in [7, 11) is 0. The van der Waals surface area contributed by atoms with Crippen LogP contribution in [0, 0.1) is 5.82 Å². The quantitative estimate of drug-likeness (QED) is 0.618. The van der Waals surface area contributed by atoms with Crippen LogP contribution >= 0.6 is 15.9 Å².